The fourth-order valence-corrected chi connectivity index (χ4v) is 3.90. The van der Waals surface area contributed by atoms with Crippen LogP contribution < -0.4 is 21.3 Å². The Kier molecular flexibility index (Phi) is 7.94. The third-order valence-electron chi connectivity index (χ3n) is 5.10. The molecule has 1 fully saturated rings. The Hall–Kier alpha value is -2.97. The fourth-order valence-electron chi connectivity index (χ4n) is 3.59. The average molecular weight is 554 g/mol. The van der Waals surface area contributed by atoms with Crippen molar-refractivity contribution in [2.75, 3.05) is 29.0 Å². The molecule has 1 unspecified atom stereocenters. The first-order chi connectivity index (χ1) is 16.0. The van der Waals surface area contributed by atoms with E-state index in [0.717, 1.165) is 4.68 Å². The molecule has 1 aliphatic rings. The molecule has 0 spiro atoms. The number of carbonyl (C=O) groups is 2. The highest BCUT2D eigenvalue weighted by Gasteiger charge is 2.40. The maximum Gasteiger partial charge on any atom is 0.471 e. The Bertz CT molecular complexity index is 1050. The molecule has 3 rings (SSSR count). The van der Waals surface area contributed by atoms with E-state index < -0.39 is 37.0 Å². The first-order valence-electron chi connectivity index (χ1n) is 10.2. The number of nitrogens with zero attached hydrogens (tertiary/aromatic N) is 4. The second kappa shape index (κ2) is 10.5. The van der Waals surface area contributed by atoms with Crippen molar-refractivity contribution in [3.05, 3.63) is 28.6 Å². The lowest BCUT2D eigenvalue weighted by Crippen LogP contribution is -2.43. The van der Waals surface area contributed by atoms with E-state index in [1.54, 1.807) is 11.0 Å². The smallest absolute Gasteiger partial charge is 0.397 e. The number of rotatable bonds is 6. The number of nitrogen functional groups attached to an aromatic ring is 1. The highest BCUT2D eigenvalue weighted by molar-refractivity contribution is 9.10. The Labute approximate surface area is 199 Å². The molecule has 2 amide bonds. The van der Waals surface area contributed by atoms with E-state index in [4.69, 9.17) is 5.73 Å². The summed E-state index contributed by atoms with van der Waals surface area (Å²) in [5.41, 5.74) is 5.94. The van der Waals surface area contributed by atoms with Gasteiger partial charge in [-0.2, -0.15) is 18.3 Å². The molecule has 0 aliphatic carbocycles. The van der Waals surface area contributed by atoms with Crippen LogP contribution in [-0.2, 0) is 11.3 Å². The molecule has 1 aliphatic heterocycles. The number of halogens is 6. The molecule has 0 aromatic carbocycles. The third-order valence-corrected chi connectivity index (χ3v) is 5.54. The number of pyridine rings is 1. The van der Waals surface area contributed by atoms with Crippen LogP contribution in [-0.4, -0.2) is 58.3 Å². The molecular formula is C19H21BrF5N7O2. The van der Waals surface area contributed by atoms with Gasteiger partial charge in [0, 0.05) is 19.1 Å². The van der Waals surface area contributed by atoms with Crippen LogP contribution in [0.25, 0.3) is 0 Å². The highest BCUT2D eigenvalue weighted by Crippen LogP contribution is 2.30. The summed E-state index contributed by atoms with van der Waals surface area (Å²) in [5, 5.41) is 8.49. The quantitative estimate of drug-likeness (QED) is 0.373. The molecule has 0 bridgehead atoms. The minimum Gasteiger partial charge on any atom is -0.397 e. The van der Waals surface area contributed by atoms with Gasteiger partial charge in [-0.15, -0.1) is 0 Å². The molecule has 3 heterocycles. The van der Waals surface area contributed by atoms with E-state index in [2.05, 4.69) is 31.3 Å². The van der Waals surface area contributed by atoms with E-state index >= 15 is 0 Å². The van der Waals surface area contributed by atoms with Crippen molar-refractivity contribution in [2.24, 2.45) is 0 Å². The molecule has 0 saturated carbocycles. The van der Waals surface area contributed by atoms with Crippen LogP contribution in [0.4, 0.5) is 39.1 Å². The Morgan fingerprint density at radius 1 is 1.24 bits per heavy atom. The minimum absolute atomic E-state index is 0.0901. The van der Waals surface area contributed by atoms with Crippen molar-refractivity contribution >= 4 is 44.9 Å². The number of hydrogen-bond acceptors (Lipinski definition) is 6. The molecule has 15 heteroatoms. The summed E-state index contributed by atoms with van der Waals surface area (Å²) in [6.45, 7) is -0.335. The van der Waals surface area contributed by atoms with Crippen LogP contribution in [0.3, 0.4) is 0 Å². The van der Waals surface area contributed by atoms with Crippen LogP contribution >= 0.6 is 15.9 Å². The summed E-state index contributed by atoms with van der Waals surface area (Å²) >= 11 is 3.15. The summed E-state index contributed by atoms with van der Waals surface area (Å²) in [6.07, 6.45) is -5.76. The van der Waals surface area contributed by atoms with E-state index in [0.29, 0.717) is 11.0 Å². The van der Waals surface area contributed by atoms with Crippen molar-refractivity contribution in [2.45, 2.75) is 44.5 Å². The summed E-state index contributed by atoms with van der Waals surface area (Å²) in [7, 11) is 0. The number of amides is 2. The first-order valence-corrected chi connectivity index (χ1v) is 10.9. The second-order valence-corrected chi connectivity index (χ2v) is 8.38. The predicted octanol–water partition coefficient (Wildman–Crippen LogP) is 3.18. The van der Waals surface area contributed by atoms with Crippen molar-refractivity contribution in [1.82, 2.24) is 20.1 Å². The number of carbonyl (C=O) groups excluding carboxylic acids is 2. The van der Waals surface area contributed by atoms with Crippen LogP contribution in [0.15, 0.2) is 22.9 Å². The normalized spacial score (nSPS) is 16.9. The monoisotopic (exact) mass is 553 g/mol. The Morgan fingerprint density at radius 2 is 1.97 bits per heavy atom. The van der Waals surface area contributed by atoms with Crippen LogP contribution in [0, 0.1) is 0 Å². The number of nitrogens with two attached hydrogens (primary N) is 1. The Morgan fingerprint density at radius 3 is 2.65 bits per heavy atom. The molecule has 4 N–H and O–H groups in total. The van der Waals surface area contributed by atoms with Gasteiger partial charge < -0.3 is 21.3 Å². The molecule has 2 aromatic heterocycles. The maximum atomic E-state index is 13.1. The predicted molar refractivity (Wildman–Crippen MR) is 117 cm³/mol. The zero-order chi connectivity index (χ0) is 25.0. The maximum absolute atomic E-state index is 13.1. The third kappa shape index (κ3) is 6.33. The van der Waals surface area contributed by atoms with Gasteiger partial charge in [0.05, 0.1) is 11.9 Å². The second-order valence-electron chi connectivity index (χ2n) is 7.57. The molecule has 34 heavy (non-hydrogen) atoms. The van der Waals surface area contributed by atoms with E-state index in [9.17, 15) is 31.5 Å². The van der Waals surface area contributed by atoms with Crippen LogP contribution in [0.2, 0.25) is 0 Å². The lowest BCUT2D eigenvalue weighted by atomic mass is 10.1. The zero-order valence-electron chi connectivity index (χ0n) is 17.6. The minimum atomic E-state index is -5.00. The van der Waals surface area contributed by atoms with E-state index in [1.165, 1.54) is 12.3 Å². The average Bonchev–Trinajstić information content (AvgIpc) is 2.97. The molecule has 2 aromatic rings. The number of aromatic nitrogens is 3. The van der Waals surface area contributed by atoms with Gasteiger partial charge in [-0.25, -0.2) is 18.4 Å². The number of hydrogen-bond donors (Lipinski definition) is 3. The van der Waals surface area contributed by atoms with Crippen molar-refractivity contribution in [1.29, 1.82) is 0 Å². The molecule has 9 nitrogen and oxygen atoms in total. The van der Waals surface area contributed by atoms with Gasteiger partial charge in [-0.3, -0.25) is 9.59 Å². The Balaban J connectivity index is 1.82. The molecular weight excluding hydrogens is 533 g/mol. The van der Waals surface area contributed by atoms with Gasteiger partial charge in [0.15, 0.2) is 11.5 Å². The molecule has 0 radical (unpaired) electrons. The van der Waals surface area contributed by atoms with Crippen molar-refractivity contribution < 1.29 is 31.5 Å². The van der Waals surface area contributed by atoms with Crippen LogP contribution in [0.5, 0.6) is 0 Å². The summed E-state index contributed by atoms with van der Waals surface area (Å²) < 4.78 is 65.4. The molecule has 1 atom stereocenters. The lowest BCUT2D eigenvalue weighted by molar-refractivity contribution is -0.174. The van der Waals surface area contributed by atoms with E-state index in [-0.39, 0.29) is 48.8 Å². The largest absolute Gasteiger partial charge is 0.471 e. The number of nitrogens with one attached hydrogen (secondary N) is 2. The van der Waals surface area contributed by atoms with Crippen molar-refractivity contribution in [3.8, 4) is 0 Å². The standard InChI is InChI=1S/C19H21BrF5N7O2/c20-13-4-3-11(26)15(30-13)16(33)29-12-8-27-32(9-14(21)22)17(12)31-6-1-2-10(5-7-31)28-18(34)19(23,24)25/h3-4,8,10,14H,1-2,5-7,9,26H2,(H,28,34)(H,29,33). The summed E-state index contributed by atoms with van der Waals surface area (Å²) in [6, 6.07) is 2.27. The highest BCUT2D eigenvalue weighted by atomic mass is 79.9. The zero-order valence-corrected chi connectivity index (χ0v) is 19.2. The fraction of sp³-hybridized carbons (Fsp3) is 0.474. The van der Waals surface area contributed by atoms with Gasteiger partial charge in [0.25, 0.3) is 12.3 Å². The van der Waals surface area contributed by atoms with Gasteiger partial charge in [0.1, 0.15) is 16.8 Å². The first kappa shape index (κ1) is 25.6. The van der Waals surface area contributed by atoms with Crippen LogP contribution in [0.1, 0.15) is 29.8 Å². The SMILES string of the molecule is Nc1ccc(Br)nc1C(=O)Nc1cnn(CC(F)F)c1N1CCCC(NC(=O)C(F)(F)F)CC1. The summed E-state index contributed by atoms with van der Waals surface area (Å²) in [4.78, 5) is 29.7. The summed E-state index contributed by atoms with van der Waals surface area (Å²) in [5.74, 6) is -2.55. The molecule has 1 saturated heterocycles. The van der Waals surface area contributed by atoms with Gasteiger partial charge in [-0.1, -0.05) is 0 Å². The van der Waals surface area contributed by atoms with Crippen molar-refractivity contribution in [3.63, 3.8) is 0 Å². The van der Waals surface area contributed by atoms with Gasteiger partial charge >= 0.3 is 12.1 Å². The van der Waals surface area contributed by atoms with Gasteiger partial charge in [0.2, 0.25) is 0 Å². The lowest BCUT2D eigenvalue weighted by Gasteiger charge is -2.25. The number of anilines is 3. The van der Waals surface area contributed by atoms with E-state index in [1.807, 2.05) is 5.32 Å². The number of alkyl halides is 5. The van der Waals surface area contributed by atoms with Gasteiger partial charge in [-0.05, 0) is 47.3 Å². The molecule has 186 valence electrons. The topological polar surface area (TPSA) is 118 Å².